The first kappa shape index (κ1) is 19.5. The summed E-state index contributed by atoms with van der Waals surface area (Å²) in [4.78, 5) is 22.3. The number of hydrogen-bond acceptors (Lipinski definition) is 5. The van der Waals surface area contributed by atoms with Gasteiger partial charge in [-0.1, -0.05) is 12.1 Å². The summed E-state index contributed by atoms with van der Waals surface area (Å²) in [5.74, 6) is 0.123. The van der Waals surface area contributed by atoms with Gasteiger partial charge in [0.05, 0.1) is 0 Å². The molecule has 0 fully saturated rings. The molecule has 128 valence electrons. The lowest BCUT2D eigenvalue weighted by atomic mass is 10.0. The molecule has 2 aromatic carbocycles. The highest BCUT2D eigenvalue weighted by Crippen LogP contribution is 2.26. The van der Waals surface area contributed by atoms with E-state index in [2.05, 4.69) is 0 Å². The molecule has 0 heterocycles. The number of hydrogen-bond donors (Lipinski definition) is 1. The zero-order valence-corrected chi connectivity index (χ0v) is 14.4. The van der Waals surface area contributed by atoms with Crippen molar-refractivity contribution in [2.24, 2.45) is 0 Å². The molecule has 0 amide bonds. The average Bonchev–Trinajstić information content (AvgIpc) is 2.48. The minimum atomic E-state index is -0.394. The fraction of sp³-hybridized carbons (Fsp3) is 0.222. The minimum absolute atomic E-state index is 0. The summed E-state index contributed by atoms with van der Waals surface area (Å²) < 4.78 is 10.3. The molecular formula is C18H20ClNO4. The van der Waals surface area contributed by atoms with Gasteiger partial charge in [-0.3, -0.25) is 9.59 Å². The Bertz CT molecular complexity index is 713. The zero-order chi connectivity index (χ0) is 16.8. The lowest BCUT2D eigenvalue weighted by Gasteiger charge is -2.11. The van der Waals surface area contributed by atoms with Crippen molar-refractivity contribution in [3.05, 3.63) is 53.6 Å². The van der Waals surface area contributed by atoms with E-state index < -0.39 is 5.97 Å². The molecule has 0 unspecified atom stereocenters. The molecule has 0 bridgehead atoms. The van der Waals surface area contributed by atoms with Crippen LogP contribution in [0, 0.1) is 0 Å². The highest BCUT2D eigenvalue weighted by Gasteiger charge is 2.10. The number of carbonyl (C=O) groups is 2. The van der Waals surface area contributed by atoms with Gasteiger partial charge < -0.3 is 15.2 Å². The number of halogens is 1. The molecule has 0 spiro atoms. The third-order valence-corrected chi connectivity index (χ3v) is 3.21. The Kier molecular flexibility index (Phi) is 7.27. The Hall–Kier alpha value is -2.53. The Morgan fingerprint density at radius 3 is 2.12 bits per heavy atom. The van der Waals surface area contributed by atoms with Gasteiger partial charge in [0.2, 0.25) is 0 Å². The molecule has 5 nitrogen and oxygen atoms in total. The van der Waals surface area contributed by atoms with Crippen molar-refractivity contribution in [1.29, 1.82) is 0 Å². The van der Waals surface area contributed by atoms with Crippen molar-refractivity contribution < 1.29 is 19.1 Å². The van der Waals surface area contributed by atoms with Gasteiger partial charge >= 0.3 is 11.9 Å². The zero-order valence-electron chi connectivity index (χ0n) is 13.6. The molecule has 2 rings (SSSR count). The number of esters is 2. The molecule has 0 aliphatic heterocycles. The van der Waals surface area contributed by atoms with Gasteiger partial charge in [0.25, 0.3) is 0 Å². The predicted octanol–water partition coefficient (Wildman–Crippen LogP) is 3.33. The number of rotatable bonds is 5. The van der Waals surface area contributed by atoms with E-state index in [-0.39, 0.29) is 18.4 Å². The van der Waals surface area contributed by atoms with Gasteiger partial charge in [0.1, 0.15) is 11.5 Å². The largest absolute Gasteiger partial charge is 0.427 e. The Balaban J connectivity index is 0.00000288. The van der Waals surface area contributed by atoms with Crippen molar-refractivity contribution >= 4 is 30.0 Å². The van der Waals surface area contributed by atoms with Crippen molar-refractivity contribution in [2.45, 2.75) is 26.7 Å². The van der Waals surface area contributed by atoms with Crippen molar-refractivity contribution in [3.63, 3.8) is 0 Å². The summed E-state index contributed by atoms with van der Waals surface area (Å²) in [5.41, 5.74) is 8.31. The van der Waals surface area contributed by atoms with Gasteiger partial charge in [-0.25, -0.2) is 0 Å². The second-order valence-corrected chi connectivity index (χ2v) is 5.20. The Morgan fingerprint density at radius 1 is 0.917 bits per heavy atom. The first-order valence-electron chi connectivity index (χ1n) is 7.28. The van der Waals surface area contributed by atoms with Crippen LogP contribution in [-0.2, 0) is 22.4 Å². The summed E-state index contributed by atoms with van der Waals surface area (Å²) in [6, 6.07) is 12.6. The molecule has 0 saturated carbocycles. The van der Waals surface area contributed by atoms with Crippen molar-refractivity contribution in [2.75, 3.05) is 5.73 Å². The van der Waals surface area contributed by atoms with E-state index in [1.807, 2.05) is 24.3 Å². The van der Waals surface area contributed by atoms with Crippen LogP contribution in [0.4, 0.5) is 5.69 Å². The normalized spacial score (nSPS) is 9.75. The quantitative estimate of drug-likeness (QED) is 0.509. The third kappa shape index (κ3) is 5.93. The number of nitrogen functional groups attached to an aromatic ring is 1. The first-order valence-corrected chi connectivity index (χ1v) is 7.28. The van der Waals surface area contributed by atoms with Gasteiger partial charge in [-0.15, -0.1) is 12.4 Å². The smallest absolute Gasteiger partial charge is 0.308 e. The molecule has 0 aliphatic rings. The maximum atomic E-state index is 11.2. The highest BCUT2D eigenvalue weighted by atomic mass is 35.5. The van der Waals surface area contributed by atoms with Crippen molar-refractivity contribution in [1.82, 2.24) is 0 Å². The van der Waals surface area contributed by atoms with Crippen molar-refractivity contribution in [3.8, 4) is 11.5 Å². The predicted molar refractivity (Wildman–Crippen MR) is 94.6 cm³/mol. The van der Waals surface area contributed by atoms with Crippen LogP contribution in [-0.4, -0.2) is 11.9 Å². The molecule has 2 N–H and O–H groups in total. The van der Waals surface area contributed by atoms with E-state index in [1.54, 1.807) is 18.2 Å². The molecule has 0 aliphatic carbocycles. The summed E-state index contributed by atoms with van der Waals surface area (Å²) in [6.45, 7) is 2.69. The van der Waals surface area contributed by atoms with E-state index in [4.69, 9.17) is 15.2 Å². The van der Waals surface area contributed by atoms with Crippen LogP contribution in [0.2, 0.25) is 0 Å². The number of benzene rings is 2. The van der Waals surface area contributed by atoms with E-state index in [9.17, 15) is 9.59 Å². The number of carbonyl (C=O) groups excluding carboxylic acids is 2. The number of aryl methyl sites for hydroxylation is 2. The maximum Gasteiger partial charge on any atom is 0.308 e. The highest BCUT2D eigenvalue weighted by molar-refractivity contribution is 5.85. The summed E-state index contributed by atoms with van der Waals surface area (Å²) >= 11 is 0. The monoisotopic (exact) mass is 349 g/mol. The average molecular weight is 350 g/mol. The van der Waals surface area contributed by atoms with Gasteiger partial charge in [-0.05, 0) is 54.3 Å². The lowest BCUT2D eigenvalue weighted by molar-refractivity contribution is -0.133. The Morgan fingerprint density at radius 2 is 1.54 bits per heavy atom. The summed E-state index contributed by atoms with van der Waals surface area (Å²) in [5, 5.41) is 0. The molecule has 0 radical (unpaired) electrons. The second kappa shape index (κ2) is 8.93. The van der Waals surface area contributed by atoms with Crippen LogP contribution in [0.25, 0.3) is 0 Å². The SMILES string of the molecule is CC(=O)Oc1ccc(OC(C)=O)c(CCc2ccc(N)cc2)c1.Cl. The first-order chi connectivity index (χ1) is 10.9. The molecular weight excluding hydrogens is 330 g/mol. The molecule has 0 saturated heterocycles. The molecule has 6 heteroatoms. The van der Waals surface area contributed by atoms with Gasteiger partial charge in [-0.2, -0.15) is 0 Å². The van der Waals surface area contributed by atoms with Gasteiger partial charge in [0, 0.05) is 19.5 Å². The third-order valence-electron chi connectivity index (χ3n) is 3.21. The van der Waals surface area contributed by atoms with Crippen LogP contribution in [0.3, 0.4) is 0 Å². The number of nitrogens with two attached hydrogens (primary N) is 1. The molecule has 0 aromatic heterocycles. The van der Waals surface area contributed by atoms with E-state index >= 15 is 0 Å². The number of anilines is 1. The molecule has 24 heavy (non-hydrogen) atoms. The summed E-state index contributed by atoms with van der Waals surface area (Å²) in [7, 11) is 0. The summed E-state index contributed by atoms with van der Waals surface area (Å²) in [6.07, 6.45) is 1.39. The minimum Gasteiger partial charge on any atom is -0.427 e. The Labute approximate surface area is 147 Å². The maximum absolute atomic E-state index is 11.2. The topological polar surface area (TPSA) is 78.6 Å². The number of ether oxygens (including phenoxy) is 2. The van der Waals surface area contributed by atoms with Gasteiger partial charge in [0.15, 0.2) is 0 Å². The van der Waals surface area contributed by atoms with E-state index in [0.29, 0.717) is 23.6 Å². The fourth-order valence-electron chi connectivity index (χ4n) is 2.20. The lowest BCUT2D eigenvalue weighted by Crippen LogP contribution is -2.06. The molecule has 2 aromatic rings. The van der Waals surface area contributed by atoms with Crippen LogP contribution in [0.1, 0.15) is 25.0 Å². The van der Waals surface area contributed by atoms with Crippen LogP contribution >= 0.6 is 12.4 Å². The van der Waals surface area contributed by atoms with E-state index in [1.165, 1.54) is 13.8 Å². The second-order valence-electron chi connectivity index (χ2n) is 5.20. The fourth-order valence-corrected chi connectivity index (χ4v) is 2.20. The standard InChI is InChI=1S/C18H19NO4.ClH/c1-12(20)22-17-9-10-18(23-13(2)21)15(11-17)6-3-14-4-7-16(19)8-5-14;/h4-5,7-11H,3,6,19H2,1-2H3;1H. The van der Waals surface area contributed by atoms with Crippen LogP contribution in [0.5, 0.6) is 11.5 Å². The van der Waals surface area contributed by atoms with Crippen LogP contribution < -0.4 is 15.2 Å². The van der Waals surface area contributed by atoms with E-state index in [0.717, 1.165) is 17.5 Å². The van der Waals surface area contributed by atoms with Crippen LogP contribution in [0.15, 0.2) is 42.5 Å². The molecule has 0 atom stereocenters.